The fourth-order valence-electron chi connectivity index (χ4n) is 0.760. The number of hydrogen-bond acceptors (Lipinski definition) is 8. The molecule has 0 spiro atoms. The Morgan fingerprint density at radius 3 is 1.26 bits per heavy atom. The summed E-state index contributed by atoms with van der Waals surface area (Å²) in [4.78, 5) is 43.3. The summed E-state index contributed by atoms with van der Waals surface area (Å²) in [6, 6.07) is 0. The number of carbonyl (C=O) groups excluding carboxylic acids is 4. The second kappa shape index (κ2) is 15.5. The first-order valence-corrected chi connectivity index (χ1v) is 5.44. The summed E-state index contributed by atoms with van der Waals surface area (Å²) in [6.07, 6.45) is -3.31. The number of methoxy groups -OCH3 is 2. The van der Waals surface area contributed by atoms with E-state index in [4.69, 9.17) is 0 Å². The molecule has 0 atom stereocenters. The van der Waals surface area contributed by atoms with Gasteiger partial charge in [0.1, 0.15) is 0 Å². The summed E-state index contributed by atoms with van der Waals surface area (Å²) >= 11 is 0. The normalized spacial score (nSPS) is 8.09. The zero-order valence-corrected chi connectivity index (χ0v) is 11.4. The number of rotatable bonds is 6. The van der Waals surface area contributed by atoms with Crippen molar-refractivity contribution in [2.75, 3.05) is 34.3 Å². The Labute approximate surface area is 134 Å². The van der Waals surface area contributed by atoms with Gasteiger partial charge in [0.15, 0.2) is 0 Å². The van der Waals surface area contributed by atoms with Gasteiger partial charge in [0, 0.05) is 0 Å². The fraction of sp³-hybridized carbons (Fsp3) is 0.636. The molecule has 136 valence electrons. The minimum Gasteiger partial charge on any atom is -0.453 e. The maximum Gasteiger partial charge on any atom is 0.411 e. The highest BCUT2D eigenvalue weighted by Crippen LogP contribution is 1.82. The standard InChI is InChI=1S/C9H16N4O8.2CH4/c1-18-6(14)10-3-12-8(16)20-5-21-9(17)13-4-11-7(15)19-2;;/h3-5H2,1-2H3,(H,10,14)(H,11,15)(H,12,16)(H,13,17);2*1H4. The van der Waals surface area contributed by atoms with Gasteiger partial charge in [-0.05, 0) is 0 Å². The van der Waals surface area contributed by atoms with E-state index >= 15 is 0 Å². The van der Waals surface area contributed by atoms with E-state index in [9.17, 15) is 19.2 Å². The molecule has 0 fully saturated rings. The molecule has 0 saturated heterocycles. The lowest BCUT2D eigenvalue weighted by Crippen LogP contribution is -2.39. The molecule has 23 heavy (non-hydrogen) atoms. The minimum absolute atomic E-state index is 0. The Hall–Kier alpha value is -2.92. The van der Waals surface area contributed by atoms with Crippen LogP contribution in [-0.2, 0) is 18.9 Å². The van der Waals surface area contributed by atoms with Crippen molar-refractivity contribution in [3.8, 4) is 0 Å². The van der Waals surface area contributed by atoms with Gasteiger partial charge in [-0.15, -0.1) is 0 Å². The lowest BCUT2D eigenvalue weighted by Gasteiger charge is -2.09. The van der Waals surface area contributed by atoms with Crippen LogP contribution in [0, 0.1) is 0 Å². The average molecular weight is 340 g/mol. The van der Waals surface area contributed by atoms with Crippen LogP contribution in [0.3, 0.4) is 0 Å². The third-order valence-corrected chi connectivity index (χ3v) is 1.68. The molecule has 0 rings (SSSR count). The molecule has 0 aliphatic heterocycles. The molecule has 0 aromatic rings. The van der Waals surface area contributed by atoms with Crippen LogP contribution in [0.5, 0.6) is 0 Å². The van der Waals surface area contributed by atoms with E-state index in [1.54, 1.807) is 0 Å². The Morgan fingerprint density at radius 2 is 0.957 bits per heavy atom. The van der Waals surface area contributed by atoms with Gasteiger partial charge in [0.2, 0.25) is 6.79 Å². The van der Waals surface area contributed by atoms with E-state index in [0.717, 1.165) is 14.2 Å². The Kier molecular flexibility index (Phi) is 16.9. The molecule has 12 nitrogen and oxygen atoms in total. The second-order valence-electron chi connectivity index (χ2n) is 3.03. The van der Waals surface area contributed by atoms with E-state index in [-0.39, 0.29) is 28.2 Å². The van der Waals surface area contributed by atoms with E-state index in [2.05, 4.69) is 40.2 Å². The number of ether oxygens (including phenoxy) is 4. The molecule has 0 aromatic heterocycles. The van der Waals surface area contributed by atoms with Crippen molar-refractivity contribution in [1.82, 2.24) is 21.3 Å². The number of alkyl carbamates (subject to hydrolysis) is 4. The summed E-state index contributed by atoms with van der Waals surface area (Å²) in [5, 5.41) is 8.58. The molecule has 0 radical (unpaired) electrons. The molecule has 4 N–H and O–H groups in total. The quantitative estimate of drug-likeness (QED) is 0.397. The number of nitrogens with one attached hydrogen (secondary N) is 4. The van der Waals surface area contributed by atoms with Gasteiger partial charge in [0.25, 0.3) is 0 Å². The highest BCUT2D eigenvalue weighted by molar-refractivity contribution is 5.71. The Bertz CT molecular complexity index is 343. The SMILES string of the molecule is C.C.COC(=O)NCNC(=O)OCOC(=O)NCNC(=O)OC. The van der Waals surface area contributed by atoms with Crippen molar-refractivity contribution >= 4 is 24.4 Å². The third kappa shape index (κ3) is 15.3. The van der Waals surface area contributed by atoms with Crippen LogP contribution in [0.2, 0.25) is 0 Å². The smallest absolute Gasteiger partial charge is 0.411 e. The van der Waals surface area contributed by atoms with Gasteiger partial charge < -0.3 is 40.2 Å². The van der Waals surface area contributed by atoms with Crippen molar-refractivity contribution in [2.24, 2.45) is 0 Å². The minimum atomic E-state index is -0.924. The van der Waals surface area contributed by atoms with Crippen molar-refractivity contribution in [3.63, 3.8) is 0 Å². The van der Waals surface area contributed by atoms with Crippen LogP contribution in [0.1, 0.15) is 14.9 Å². The van der Waals surface area contributed by atoms with E-state index in [0.29, 0.717) is 0 Å². The van der Waals surface area contributed by atoms with Gasteiger partial charge >= 0.3 is 24.4 Å². The molecule has 0 aromatic carbocycles. The van der Waals surface area contributed by atoms with Gasteiger partial charge in [-0.25, -0.2) is 19.2 Å². The predicted molar refractivity (Wildman–Crippen MR) is 78.4 cm³/mol. The summed E-state index contributed by atoms with van der Waals surface area (Å²) in [7, 11) is 2.32. The molecular formula is C11H24N4O8. The maximum absolute atomic E-state index is 11.0. The lowest BCUT2D eigenvalue weighted by atomic mass is 10.9. The molecule has 0 unspecified atom stereocenters. The lowest BCUT2D eigenvalue weighted by molar-refractivity contribution is 0.0242. The molecule has 0 heterocycles. The van der Waals surface area contributed by atoms with E-state index in [1.807, 2.05) is 0 Å². The van der Waals surface area contributed by atoms with Crippen molar-refractivity contribution in [3.05, 3.63) is 0 Å². The fourth-order valence-corrected chi connectivity index (χ4v) is 0.760. The summed E-state index contributed by atoms with van der Waals surface area (Å²) < 4.78 is 17.4. The molecule has 0 aliphatic rings. The van der Waals surface area contributed by atoms with Gasteiger partial charge in [-0.3, -0.25) is 0 Å². The number of hydrogen-bond donors (Lipinski definition) is 4. The zero-order chi connectivity index (χ0) is 16.1. The maximum atomic E-state index is 11.0. The van der Waals surface area contributed by atoms with Crippen LogP contribution in [0.25, 0.3) is 0 Å². The van der Waals surface area contributed by atoms with Gasteiger partial charge in [-0.2, -0.15) is 0 Å². The molecule has 0 saturated carbocycles. The first-order chi connectivity index (χ1) is 9.99. The topological polar surface area (TPSA) is 153 Å². The molecule has 0 bridgehead atoms. The van der Waals surface area contributed by atoms with Crippen molar-refractivity contribution in [1.29, 1.82) is 0 Å². The Balaban J connectivity index is -0.00000200. The molecular weight excluding hydrogens is 316 g/mol. The van der Waals surface area contributed by atoms with Crippen molar-refractivity contribution < 1.29 is 38.1 Å². The second-order valence-corrected chi connectivity index (χ2v) is 3.03. The summed E-state index contributed by atoms with van der Waals surface area (Å²) in [5.74, 6) is 0. The highest BCUT2D eigenvalue weighted by Gasteiger charge is 2.06. The van der Waals surface area contributed by atoms with E-state index < -0.39 is 31.2 Å². The van der Waals surface area contributed by atoms with E-state index in [1.165, 1.54) is 0 Å². The van der Waals surface area contributed by atoms with Gasteiger partial charge in [-0.1, -0.05) is 14.9 Å². The highest BCUT2D eigenvalue weighted by atomic mass is 16.7. The summed E-state index contributed by atoms with van der Waals surface area (Å²) in [5.41, 5.74) is 0. The van der Waals surface area contributed by atoms with Crippen LogP contribution in [0.4, 0.5) is 19.2 Å². The molecule has 0 aliphatic carbocycles. The Morgan fingerprint density at radius 1 is 0.652 bits per heavy atom. The zero-order valence-electron chi connectivity index (χ0n) is 11.4. The van der Waals surface area contributed by atoms with Crippen molar-refractivity contribution in [2.45, 2.75) is 14.9 Å². The van der Waals surface area contributed by atoms with Crippen LogP contribution in [-0.4, -0.2) is 58.7 Å². The molecule has 12 heteroatoms. The first-order valence-electron chi connectivity index (χ1n) is 5.44. The first kappa shape index (κ1) is 25.1. The summed E-state index contributed by atoms with van der Waals surface area (Å²) in [6.45, 7) is -1.10. The van der Waals surface area contributed by atoms with Crippen LogP contribution < -0.4 is 21.3 Å². The average Bonchev–Trinajstić information content (AvgIpc) is 2.46. The van der Waals surface area contributed by atoms with Crippen LogP contribution >= 0.6 is 0 Å². The molecule has 4 amide bonds. The predicted octanol–water partition coefficient (Wildman–Crippen LogP) is 0.296. The largest absolute Gasteiger partial charge is 0.453 e. The van der Waals surface area contributed by atoms with Crippen LogP contribution in [0.15, 0.2) is 0 Å². The van der Waals surface area contributed by atoms with Gasteiger partial charge in [0.05, 0.1) is 27.6 Å². The number of amides is 4. The third-order valence-electron chi connectivity index (χ3n) is 1.68. The monoisotopic (exact) mass is 340 g/mol. The number of carbonyl (C=O) groups is 4.